The second-order valence-corrected chi connectivity index (χ2v) is 4.59. The third-order valence-corrected chi connectivity index (χ3v) is 2.70. The van der Waals surface area contributed by atoms with Crippen LogP contribution in [0.3, 0.4) is 0 Å². The first-order valence-electron chi connectivity index (χ1n) is 6.00. The number of hydrogen-bond donors (Lipinski definition) is 1. The van der Waals surface area contributed by atoms with Crippen LogP contribution in [0.15, 0.2) is 24.5 Å². The van der Waals surface area contributed by atoms with Gasteiger partial charge in [-0.25, -0.2) is 0 Å². The molecule has 1 heterocycles. The Bertz CT molecular complexity index is 274. The number of pyridine rings is 1. The second-order valence-electron chi connectivity index (χ2n) is 4.59. The molecule has 0 saturated carbocycles. The maximum Gasteiger partial charge on any atom is 0.0312 e. The van der Waals surface area contributed by atoms with E-state index in [0.717, 1.165) is 26.1 Å². The molecule has 0 saturated heterocycles. The number of hydrogen-bond acceptors (Lipinski definition) is 3. The van der Waals surface area contributed by atoms with E-state index < -0.39 is 0 Å². The molecule has 0 aliphatic rings. The molecule has 16 heavy (non-hydrogen) atoms. The van der Waals surface area contributed by atoms with Gasteiger partial charge in [0.05, 0.1) is 0 Å². The Kier molecular flexibility index (Phi) is 6.04. The fourth-order valence-corrected chi connectivity index (χ4v) is 1.96. The Morgan fingerprint density at radius 3 is 2.94 bits per heavy atom. The lowest BCUT2D eigenvalue weighted by molar-refractivity contribution is 0.269. The predicted molar refractivity (Wildman–Crippen MR) is 68.0 cm³/mol. The maximum atomic E-state index is 5.51. The van der Waals surface area contributed by atoms with E-state index in [1.165, 1.54) is 12.0 Å². The Labute approximate surface area is 98.7 Å². The van der Waals surface area contributed by atoms with Crippen molar-refractivity contribution in [3.8, 4) is 0 Å². The molecule has 1 aromatic heterocycles. The largest absolute Gasteiger partial charge is 0.330 e. The summed E-state index contributed by atoms with van der Waals surface area (Å²) in [5.74, 6) is 0.713. The van der Waals surface area contributed by atoms with Crippen LogP contribution in [0.1, 0.15) is 25.3 Å². The van der Waals surface area contributed by atoms with Crippen LogP contribution in [0.25, 0.3) is 0 Å². The summed E-state index contributed by atoms with van der Waals surface area (Å²) in [4.78, 5) is 6.47. The van der Waals surface area contributed by atoms with Crippen LogP contribution >= 0.6 is 0 Å². The smallest absolute Gasteiger partial charge is 0.0312 e. The van der Waals surface area contributed by atoms with Crippen molar-refractivity contribution in [3.63, 3.8) is 0 Å². The molecule has 1 aromatic rings. The highest BCUT2D eigenvalue weighted by molar-refractivity contribution is 5.07. The van der Waals surface area contributed by atoms with Crippen molar-refractivity contribution >= 4 is 0 Å². The van der Waals surface area contributed by atoms with E-state index in [1.807, 2.05) is 18.5 Å². The van der Waals surface area contributed by atoms with Crippen molar-refractivity contribution < 1.29 is 0 Å². The first-order valence-corrected chi connectivity index (χ1v) is 6.00. The van der Waals surface area contributed by atoms with Gasteiger partial charge in [0, 0.05) is 25.5 Å². The number of aromatic nitrogens is 1. The van der Waals surface area contributed by atoms with Crippen LogP contribution < -0.4 is 5.73 Å². The van der Waals surface area contributed by atoms with Gasteiger partial charge in [0.25, 0.3) is 0 Å². The average molecular weight is 221 g/mol. The van der Waals surface area contributed by atoms with E-state index in [-0.39, 0.29) is 0 Å². The van der Waals surface area contributed by atoms with Crippen molar-refractivity contribution in [2.75, 3.05) is 20.1 Å². The summed E-state index contributed by atoms with van der Waals surface area (Å²) >= 11 is 0. The Balaban J connectivity index is 2.27. The molecule has 1 unspecified atom stereocenters. The van der Waals surface area contributed by atoms with Gasteiger partial charge in [0.15, 0.2) is 0 Å². The van der Waals surface area contributed by atoms with Gasteiger partial charge in [-0.15, -0.1) is 0 Å². The lowest BCUT2D eigenvalue weighted by atomic mass is 10.1. The summed E-state index contributed by atoms with van der Waals surface area (Å²) in [5, 5.41) is 0. The van der Waals surface area contributed by atoms with Gasteiger partial charge in [-0.3, -0.25) is 4.98 Å². The molecule has 0 aromatic carbocycles. The normalized spacial score (nSPS) is 13.0. The van der Waals surface area contributed by atoms with Crippen LogP contribution in [-0.4, -0.2) is 30.0 Å². The quantitative estimate of drug-likeness (QED) is 0.764. The first-order chi connectivity index (χ1) is 7.72. The highest BCUT2D eigenvalue weighted by atomic mass is 15.1. The molecular weight excluding hydrogens is 198 g/mol. The molecule has 90 valence electrons. The minimum absolute atomic E-state index is 0.713. The van der Waals surface area contributed by atoms with Gasteiger partial charge in [0.2, 0.25) is 0 Å². The number of nitrogens with two attached hydrogens (primary N) is 1. The molecule has 3 heteroatoms. The topological polar surface area (TPSA) is 42.1 Å². The van der Waals surface area contributed by atoms with E-state index in [4.69, 9.17) is 5.73 Å². The van der Waals surface area contributed by atoms with E-state index in [1.54, 1.807) is 0 Å². The zero-order chi connectivity index (χ0) is 11.8. The molecule has 0 amide bonds. The summed E-state index contributed by atoms with van der Waals surface area (Å²) in [6.07, 6.45) is 6.09. The van der Waals surface area contributed by atoms with E-state index >= 15 is 0 Å². The van der Waals surface area contributed by atoms with Gasteiger partial charge < -0.3 is 10.6 Å². The van der Waals surface area contributed by atoms with Crippen LogP contribution in [0.4, 0.5) is 0 Å². The van der Waals surface area contributed by atoms with Crippen LogP contribution in [0, 0.1) is 5.92 Å². The first kappa shape index (κ1) is 13.1. The Morgan fingerprint density at radius 2 is 2.31 bits per heavy atom. The monoisotopic (exact) mass is 221 g/mol. The van der Waals surface area contributed by atoms with E-state index in [2.05, 4.69) is 29.9 Å². The summed E-state index contributed by atoms with van der Waals surface area (Å²) < 4.78 is 0. The lowest BCUT2D eigenvalue weighted by Crippen LogP contribution is -2.24. The van der Waals surface area contributed by atoms with Crippen molar-refractivity contribution in [2.45, 2.75) is 26.3 Å². The van der Waals surface area contributed by atoms with Crippen molar-refractivity contribution in [1.29, 1.82) is 0 Å². The predicted octanol–water partition coefficient (Wildman–Crippen LogP) is 1.89. The average Bonchev–Trinajstić information content (AvgIpc) is 2.27. The minimum Gasteiger partial charge on any atom is -0.330 e. The van der Waals surface area contributed by atoms with Gasteiger partial charge in [0.1, 0.15) is 0 Å². The van der Waals surface area contributed by atoms with E-state index in [0.29, 0.717) is 5.92 Å². The molecule has 0 radical (unpaired) electrons. The molecule has 0 aliphatic heterocycles. The number of nitrogens with zero attached hydrogens (tertiary/aromatic N) is 2. The molecule has 1 rings (SSSR count). The van der Waals surface area contributed by atoms with Gasteiger partial charge >= 0.3 is 0 Å². The van der Waals surface area contributed by atoms with E-state index in [9.17, 15) is 0 Å². The molecule has 3 nitrogen and oxygen atoms in total. The minimum atomic E-state index is 0.713. The summed E-state index contributed by atoms with van der Waals surface area (Å²) in [6, 6.07) is 4.11. The molecule has 0 fully saturated rings. The second kappa shape index (κ2) is 7.36. The molecular formula is C13H23N3. The highest BCUT2D eigenvalue weighted by Gasteiger charge is 2.06. The molecule has 0 bridgehead atoms. The van der Waals surface area contributed by atoms with Crippen LogP contribution in [-0.2, 0) is 6.54 Å². The molecule has 1 atom stereocenters. The standard InChI is InChI=1S/C13H23N3/c1-12(5-3-7-14)10-16(2)11-13-6-4-8-15-9-13/h4,6,8-9,12H,3,5,7,10-11,14H2,1-2H3. The maximum absolute atomic E-state index is 5.51. The summed E-state index contributed by atoms with van der Waals surface area (Å²) in [6.45, 7) is 5.18. The summed E-state index contributed by atoms with van der Waals surface area (Å²) in [7, 11) is 2.16. The Morgan fingerprint density at radius 1 is 1.50 bits per heavy atom. The lowest BCUT2D eigenvalue weighted by Gasteiger charge is -2.21. The van der Waals surface area contributed by atoms with Crippen LogP contribution in [0.2, 0.25) is 0 Å². The molecule has 2 N–H and O–H groups in total. The summed E-state index contributed by atoms with van der Waals surface area (Å²) in [5.41, 5.74) is 6.78. The zero-order valence-corrected chi connectivity index (χ0v) is 10.4. The fourth-order valence-electron chi connectivity index (χ4n) is 1.96. The van der Waals surface area contributed by atoms with Crippen molar-refractivity contribution in [1.82, 2.24) is 9.88 Å². The third-order valence-electron chi connectivity index (χ3n) is 2.70. The molecule has 0 aliphatic carbocycles. The highest BCUT2D eigenvalue weighted by Crippen LogP contribution is 2.08. The van der Waals surface area contributed by atoms with Crippen molar-refractivity contribution in [3.05, 3.63) is 30.1 Å². The SMILES string of the molecule is CC(CCCN)CN(C)Cc1cccnc1. The fraction of sp³-hybridized carbons (Fsp3) is 0.615. The van der Waals surface area contributed by atoms with Gasteiger partial charge in [-0.05, 0) is 44.0 Å². The third kappa shape index (κ3) is 5.24. The zero-order valence-electron chi connectivity index (χ0n) is 10.4. The van der Waals surface area contributed by atoms with Crippen molar-refractivity contribution in [2.24, 2.45) is 11.7 Å². The number of rotatable bonds is 7. The van der Waals surface area contributed by atoms with Crippen LogP contribution in [0.5, 0.6) is 0 Å². The van der Waals surface area contributed by atoms with Gasteiger partial charge in [-0.1, -0.05) is 13.0 Å². The Hall–Kier alpha value is -0.930. The molecule has 0 spiro atoms. The van der Waals surface area contributed by atoms with Gasteiger partial charge in [-0.2, -0.15) is 0 Å².